The molecule has 0 aliphatic heterocycles. The maximum Gasteiger partial charge on any atom is 0.299 e. The zero-order chi connectivity index (χ0) is 21.8. The molecule has 0 saturated heterocycles. The highest BCUT2D eigenvalue weighted by Gasteiger charge is 2.20. The van der Waals surface area contributed by atoms with Crippen LogP contribution in [0.3, 0.4) is 0 Å². The Morgan fingerprint density at radius 1 is 1.13 bits per heavy atom. The van der Waals surface area contributed by atoms with E-state index in [1.165, 1.54) is 6.07 Å². The van der Waals surface area contributed by atoms with E-state index in [0.717, 1.165) is 12.1 Å². The first-order valence-corrected chi connectivity index (χ1v) is 8.68. The molecule has 0 atom stereocenters. The Morgan fingerprint density at radius 3 is 2.53 bits per heavy atom. The van der Waals surface area contributed by atoms with Gasteiger partial charge in [0.25, 0.3) is 11.4 Å². The number of nitro benzene ring substituents is 2. The summed E-state index contributed by atoms with van der Waals surface area (Å²) in [6.07, 6.45) is 0. The molecule has 0 amide bonds. The number of hydrogen-bond acceptors (Lipinski definition) is 8. The minimum absolute atomic E-state index is 0.0127. The van der Waals surface area contributed by atoms with Crippen molar-refractivity contribution in [1.82, 2.24) is 5.43 Å². The lowest BCUT2D eigenvalue weighted by Crippen LogP contribution is -2.26. The van der Waals surface area contributed by atoms with Crippen molar-refractivity contribution >= 4 is 51.1 Å². The molecular weight excluding hydrogens is 412 g/mol. The quantitative estimate of drug-likeness (QED) is 0.305. The van der Waals surface area contributed by atoms with E-state index in [-0.39, 0.29) is 22.3 Å². The standard InChI is InChI=1S/C18H14N6O5S/c1-10(20-13-7-6-11(23(25)26)8-15(13)24(27)28)17-9-14(21-22-18(19)30)12-4-2-3-5-16(12)29-17/h2-9,20H,1H2,(H3,19,22,30)/b21-14-. The monoisotopic (exact) mass is 426 g/mol. The largest absolute Gasteiger partial charge is 0.454 e. The van der Waals surface area contributed by atoms with Gasteiger partial charge in [0.2, 0.25) is 0 Å². The van der Waals surface area contributed by atoms with Crippen LogP contribution < -0.4 is 21.8 Å². The van der Waals surface area contributed by atoms with Gasteiger partial charge in [-0.15, -0.1) is 0 Å². The number of thiocarbonyl (C=S) groups is 1. The lowest BCUT2D eigenvalue weighted by Gasteiger charge is -2.10. The van der Waals surface area contributed by atoms with Gasteiger partial charge in [-0.3, -0.25) is 25.7 Å². The summed E-state index contributed by atoms with van der Waals surface area (Å²) < 4.78 is 5.81. The molecule has 0 radical (unpaired) electrons. The van der Waals surface area contributed by atoms with Crippen molar-refractivity contribution < 1.29 is 14.3 Å². The maximum absolute atomic E-state index is 11.3. The van der Waals surface area contributed by atoms with Crippen molar-refractivity contribution in [3.8, 4) is 0 Å². The number of nitrogens with zero attached hydrogens (tertiary/aromatic N) is 3. The van der Waals surface area contributed by atoms with E-state index >= 15 is 0 Å². The maximum atomic E-state index is 11.3. The summed E-state index contributed by atoms with van der Waals surface area (Å²) in [6, 6.07) is 11.8. The smallest absolute Gasteiger partial charge is 0.299 e. The van der Waals surface area contributed by atoms with Gasteiger partial charge >= 0.3 is 0 Å². The van der Waals surface area contributed by atoms with Crippen molar-refractivity contribution in [2.24, 2.45) is 10.8 Å². The normalized spacial score (nSPS) is 11.1. The van der Waals surface area contributed by atoms with Gasteiger partial charge in [-0.2, -0.15) is 5.10 Å². The van der Waals surface area contributed by atoms with Crippen molar-refractivity contribution in [3.05, 3.63) is 86.5 Å². The van der Waals surface area contributed by atoms with Gasteiger partial charge in [-0.25, -0.2) is 0 Å². The number of benzene rings is 2. The van der Waals surface area contributed by atoms with E-state index < -0.39 is 21.2 Å². The summed E-state index contributed by atoms with van der Waals surface area (Å²) >= 11 is 4.76. The highest BCUT2D eigenvalue weighted by atomic mass is 32.1. The van der Waals surface area contributed by atoms with Crippen molar-refractivity contribution in [2.75, 3.05) is 5.32 Å². The molecule has 3 rings (SSSR count). The number of anilines is 1. The molecule has 11 nitrogen and oxygen atoms in total. The lowest BCUT2D eigenvalue weighted by molar-refractivity contribution is -0.393. The summed E-state index contributed by atoms with van der Waals surface area (Å²) in [6.45, 7) is 3.85. The van der Waals surface area contributed by atoms with Gasteiger partial charge in [0.1, 0.15) is 11.3 Å². The highest BCUT2D eigenvalue weighted by molar-refractivity contribution is 7.80. The number of fused-ring (bicyclic) bond motifs is 1. The third kappa shape index (κ3) is 4.39. The SMILES string of the molecule is C=C(Nc1ccc([N+](=O)[O-])cc1[N+](=O)[O-])c1c/c(=N/NC(N)=S)c2ccccc2o1. The van der Waals surface area contributed by atoms with E-state index in [4.69, 9.17) is 22.4 Å². The Balaban J connectivity index is 2.04. The first-order chi connectivity index (χ1) is 14.3. The Bertz CT molecular complexity index is 1270. The van der Waals surface area contributed by atoms with E-state index in [1.807, 2.05) is 0 Å². The van der Waals surface area contributed by atoms with E-state index in [9.17, 15) is 20.2 Å². The lowest BCUT2D eigenvalue weighted by atomic mass is 10.2. The second kappa shape index (κ2) is 8.36. The molecule has 0 saturated carbocycles. The van der Waals surface area contributed by atoms with Gasteiger partial charge in [0.15, 0.2) is 10.9 Å². The van der Waals surface area contributed by atoms with Crippen LogP contribution in [0.2, 0.25) is 0 Å². The number of hydrogen-bond donors (Lipinski definition) is 3. The second-order valence-electron chi connectivity index (χ2n) is 5.90. The molecule has 0 aliphatic rings. The Hall–Kier alpha value is -4.32. The summed E-state index contributed by atoms with van der Waals surface area (Å²) in [5, 5.41) is 30.2. The second-order valence-corrected chi connectivity index (χ2v) is 6.34. The predicted octanol–water partition coefficient (Wildman–Crippen LogP) is 2.98. The summed E-state index contributed by atoms with van der Waals surface area (Å²) in [5.74, 6) is 0.227. The summed E-state index contributed by atoms with van der Waals surface area (Å²) in [5.41, 5.74) is 7.69. The summed E-state index contributed by atoms with van der Waals surface area (Å²) in [7, 11) is 0. The topological polar surface area (TPSA) is 162 Å². The molecule has 3 aromatic rings. The zero-order valence-electron chi connectivity index (χ0n) is 15.2. The van der Waals surface area contributed by atoms with E-state index in [1.54, 1.807) is 30.3 Å². The molecule has 30 heavy (non-hydrogen) atoms. The van der Waals surface area contributed by atoms with E-state index in [0.29, 0.717) is 16.3 Å². The number of nitro groups is 2. The Kier molecular flexibility index (Phi) is 5.69. The molecular formula is C18H14N6O5S. The van der Waals surface area contributed by atoms with Crippen LogP contribution in [-0.2, 0) is 0 Å². The van der Waals surface area contributed by atoms with Gasteiger partial charge in [0, 0.05) is 17.5 Å². The fourth-order valence-corrected chi connectivity index (χ4v) is 2.63. The average molecular weight is 426 g/mol. The van der Waals surface area contributed by atoms with Crippen LogP contribution >= 0.6 is 12.2 Å². The van der Waals surface area contributed by atoms with Crippen LogP contribution in [0.25, 0.3) is 16.7 Å². The number of nitrogens with two attached hydrogens (primary N) is 1. The number of rotatable bonds is 6. The third-order valence-electron chi connectivity index (χ3n) is 3.91. The molecule has 1 heterocycles. The van der Waals surface area contributed by atoms with Gasteiger partial charge in [-0.1, -0.05) is 18.7 Å². The fraction of sp³-hybridized carbons (Fsp3) is 0. The molecule has 0 fully saturated rings. The van der Waals surface area contributed by atoms with Crippen molar-refractivity contribution in [1.29, 1.82) is 0 Å². The Morgan fingerprint density at radius 2 is 1.87 bits per heavy atom. The fourth-order valence-electron chi connectivity index (χ4n) is 2.59. The predicted molar refractivity (Wildman–Crippen MR) is 114 cm³/mol. The Labute approximate surface area is 173 Å². The molecule has 0 aliphatic carbocycles. The van der Waals surface area contributed by atoms with Crippen LogP contribution in [0.5, 0.6) is 0 Å². The first kappa shape index (κ1) is 20.4. The average Bonchev–Trinajstić information content (AvgIpc) is 2.71. The molecule has 0 bridgehead atoms. The number of non-ortho nitro benzene ring substituents is 1. The van der Waals surface area contributed by atoms with Crippen LogP contribution in [0.1, 0.15) is 5.76 Å². The first-order valence-electron chi connectivity index (χ1n) is 8.27. The van der Waals surface area contributed by atoms with Crippen LogP contribution in [0.15, 0.2) is 64.6 Å². The third-order valence-corrected chi connectivity index (χ3v) is 4.00. The van der Waals surface area contributed by atoms with Gasteiger partial charge in [-0.05, 0) is 30.4 Å². The molecule has 2 aromatic carbocycles. The highest BCUT2D eigenvalue weighted by Crippen LogP contribution is 2.31. The van der Waals surface area contributed by atoms with Crippen molar-refractivity contribution in [2.45, 2.75) is 0 Å². The molecule has 152 valence electrons. The molecule has 4 N–H and O–H groups in total. The zero-order valence-corrected chi connectivity index (χ0v) is 16.0. The van der Waals surface area contributed by atoms with Crippen LogP contribution in [-0.4, -0.2) is 15.0 Å². The molecule has 0 unspecified atom stereocenters. The van der Waals surface area contributed by atoms with Crippen molar-refractivity contribution in [3.63, 3.8) is 0 Å². The number of para-hydroxylation sites is 1. The minimum atomic E-state index is -0.729. The molecule has 12 heteroatoms. The van der Waals surface area contributed by atoms with Crippen LogP contribution in [0, 0.1) is 20.2 Å². The van der Waals surface area contributed by atoms with Crippen LogP contribution in [0.4, 0.5) is 17.1 Å². The minimum Gasteiger partial charge on any atom is -0.454 e. The molecule has 1 aromatic heterocycles. The molecule has 0 spiro atoms. The summed E-state index contributed by atoms with van der Waals surface area (Å²) in [4.78, 5) is 20.8. The number of nitrogens with one attached hydrogen (secondary N) is 2. The van der Waals surface area contributed by atoms with E-state index in [2.05, 4.69) is 22.4 Å². The van der Waals surface area contributed by atoms with Gasteiger partial charge < -0.3 is 15.5 Å². The van der Waals surface area contributed by atoms with Gasteiger partial charge in [0.05, 0.1) is 27.0 Å².